The van der Waals surface area contributed by atoms with Gasteiger partial charge in [-0.1, -0.05) is 0 Å². The first kappa shape index (κ1) is 19.6. The van der Waals surface area contributed by atoms with Crippen LogP contribution in [0.1, 0.15) is 17.0 Å². The SMILES string of the molecule is Cc1cc(C(F)(F)F)nc(C)c1Nc1nccc2c1ncn2CC(=O)N(C)C. The second-order valence-electron chi connectivity index (χ2n) is 6.60. The van der Waals surface area contributed by atoms with Crippen molar-refractivity contribution >= 4 is 28.4 Å². The molecule has 0 saturated heterocycles. The summed E-state index contributed by atoms with van der Waals surface area (Å²) < 4.78 is 40.5. The summed E-state index contributed by atoms with van der Waals surface area (Å²) in [5, 5.41) is 3.04. The quantitative estimate of drug-likeness (QED) is 0.737. The number of aromatic nitrogens is 4. The number of carbonyl (C=O) groups is 1. The lowest BCUT2D eigenvalue weighted by Crippen LogP contribution is -2.25. The first-order chi connectivity index (χ1) is 13.1. The van der Waals surface area contributed by atoms with Crippen molar-refractivity contribution in [3.8, 4) is 0 Å². The highest BCUT2D eigenvalue weighted by Gasteiger charge is 2.33. The monoisotopic (exact) mass is 392 g/mol. The Morgan fingerprint density at radius 2 is 1.96 bits per heavy atom. The van der Waals surface area contributed by atoms with E-state index in [1.165, 1.54) is 18.2 Å². The summed E-state index contributed by atoms with van der Waals surface area (Å²) in [5.41, 5.74) is 1.28. The lowest BCUT2D eigenvalue weighted by Gasteiger charge is -2.15. The minimum atomic E-state index is -4.51. The van der Waals surface area contributed by atoms with Crippen molar-refractivity contribution in [3.63, 3.8) is 0 Å². The Hall–Kier alpha value is -3.17. The van der Waals surface area contributed by atoms with Gasteiger partial charge >= 0.3 is 6.18 Å². The van der Waals surface area contributed by atoms with Gasteiger partial charge in [0.1, 0.15) is 17.8 Å². The molecule has 0 atom stereocenters. The molecule has 3 rings (SSSR count). The molecule has 0 radical (unpaired) electrons. The number of pyridine rings is 2. The molecule has 0 aliphatic heterocycles. The van der Waals surface area contributed by atoms with Crippen LogP contribution in [0.2, 0.25) is 0 Å². The topological polar surface area (TPSA) is 75.9 Å². The van der Waals surface area contributed by atoms with Gasteiger partial charge in [0.15, 0.2) is 5.82 Å². The van der Waals surface area contributed by atoms with Crippen LogP contribution in [-0.4, -0.2) is 44.4 Å². The Morgan fingerprint density at radius 3 is 2.57 bits per heavy atom. The largest absolute Gasteiger partial charge is 0.433 e. The molecule has 1 amide bonds. The van der Waals surface area contributed by atoms with Crippen LogP contribution in [0.4, 0.5) is 24.7 Å². The molecule has 0 aliphatic rings. The van der Waals surface area contributed by atoms with Crippen LogP contribution < -0.4 is 5.32 Å². The Morgan fingerprint density at radius 1 is 1.25 bits per heavy atom. The molecule has 0 fully saturated rings. The molecule has 3 aromatic rings. The van der Waals surface area contributed by atoms with Gasteiger partial charge in [0.25, 0.3) is 0 Å². The van der Waals surface area contributed by atoms with E-state index >= 15 is 0 Å². The van der Waals surface area contributed by atoms with Crippen molar-refractivity contribution in [2.75, 3.05) is 19.4 Å². The summed E-state index contributed by atoms with van der Waals surface area (Å²) in [7, 11) is 3.33. The van der Waals surface area contributed by atoms with Gasteiger partial charge in [0.05, 0.1) is 23.2 Å². The van der Waals surface area contributed by atoms with Gasteiger partial charge in [-0.05, 0) is 31.5 Å². The van der Waals surface area contributed by atoms with E-state index in [0.29, 0.717) is 28.1 Å². The molecule has 0 aliphatic carbocycles. The molecule has 28 heavy (non-hydrogen) atoms. The van der Waals surface area contributed by atoms with Crippen molar-refractivity contribution in [1.29, 1.82) is 0 Å². The van der Waals surface area contributed by atoms with Gasteiger partial charge in [-0.2, -0.15) is 13.2 Å². The molecular weight excluding hydrogens is 373 g/mol. The third kappa shape index (κ3) is 3.75. The summed E-state index contributed by atoms with van der Waals surface area (Å²) >= 11 is 0. The van der Waals surface area contributed by atoms with E-state index in [0.717, 1.165) is 6.07 Å². The number of likely N-dealkylation sites (N-methyl/N-ethyl adjacent to an activating group) is 1. The fourth-order valence-corrected chi connectivity index (χ4v) is 2.78. The van der Waals surface area contributed by atoms with Crippen LogP contribution in [0.15, 0.2) is 24.7 Å². The van der Waals surface area contributed by atoms with Gasteiger partial charge < -0.3 is 14.8 Å². The van der Waals surface area contributed by atoms with E-state index in [2.05, 4.69) is 20.3 Å². The summed E-state index contributed by atoms with van der Waals surface area (Å²) in [4.78, 5) is 25.7. The number of carbonyl (C=O) groups excluding carboxylic acids is 1. The third-order valence-corrected chi connectivity index (χ3v) is 4.27. The standard InChI is InChI=1S/C18H19F3N6O/c1-10-7-13(18(19,20)21)24-11(2)15(10)25-17-16-12(5-6-22-17)27(9-23-16)8-14(28)26(3)4/h5-7,9H,8H2,1-4H3,(H,22,25). The fourth-order valence-electron chi connectivity index (χ4n) is 2.78. The van der Waals surface area contributed by atoms with Crippen LogP contribution >= 0.6 is 0 Å². The Labute approximate surface area is 159 Å². The number of hydrogen-bond donors (Lipinski definition) is 1. The average Bonchev–Trinajstić information content (AvgIpc) is 3.00. The maximum Gasteiger partial charge on any atom is 0.433 e. The second kappa shape index (κ2) is 7.10. The Balaban J connectivity index is 1.98. The van der Waals surface area contributed by atoms with Crippen LogP contribution in [-0.2, 0) is 17.5 Å². The van der Waals surface area contributed by atoms with Gasteiger partial charge in [-0.25, -0.2) is 15.0 Å². The van der Waals surface area contributed by atoms with Crippen molar-refractivity contribution in [2.24, 2.45) is 0 Å². The highest BCUT2D eigenvalue weighted by atomic mass is 19.4. The predicted octanol–water partition coefficient (Wildman–Crippen LogP) is 3.29. The number of hydrogen-bond acceptors (Lipinski definition) is 5. The summed E-state index contributed by atoms with van der Waals surface area (Å²) in [5.74, 6) is 0.283. The van der Waals surface area contributed by atoms with Crippen molar-refractivity contribution < 1.29 is 18.0 Å². The number of amides is 1. The lowest BCUT2D eigenvalue weighted by molar-refractivity contribution is -0.141. The molecule has 0 saturated carbocycles. The van der Waals surface area contributed by atoms with Gasteiger partial charge in [-0.3, -0.25) is 4.79 Å². The highest BCUT2D eigenvalue weighted by molar-refractivity contribution is 5.89. The van der Waals surface area contributed by atoms with Crippen molar-refractivity contribution in [1.82, 2.24) is 24.4 Å². The third-order valence-electron chi connectivity index (χ3n) is 4.27. The van der Waals surface area contributed by atoms with Gasteiger partial charge in [0.2, 0.25) is 5.91 Å². The van der Waals surface area contributed by atoms with Crippen molar-refractivity contribution in [2.45, 2.75) is 26.6 Å². The molecule has 10 heteroatoms. The highest BCUT2D eigenvalue weighted by Crippen LogP contribution is 2.33. The van der Waals surface area contributed by atoms with Crippen LogP contribution in [0.25, 0.3) is 11.0 Å². The molecule has 0 unspecified atom stereocenters. The molecule has 1 N–H and O–H groups in total. The number of nitrogens with zero attached hydrogens (tertiary/aromatic N) is 5. The van der Waals surface area contributed by atoms with Crippen LogP contribution in [0.5, 0.6) is 0 Å². The van der Waals surface area contributed by atoms with Crippen molar-refractivity contribution in [3.05, 3.63) is 41.6 Å². The number of rotatable bonds is 4. The predicted molar refractivity (Wildman–Crippen MR) is 98.2 cm³/mol. The maximum atomic E-state index is 12.9. The summed E-state index contributed by atoms with van der Waals surface area (Å²) in [6.07, 6.45) is -1.43. The van der Waals surface area contributed by atoms with E-state index in [1.54, 1.807) is 37.8 Å². The molecule has 148 valence electrons. The average molecular weight is 392 g/mol. The number of halogens is 3. The zero-order chi connectivity index (χ0) is 20.6. The number of fused-ring (bicyclic) bond motifs is 1. The number of nitrogens with one attached hydrogen (secondary N) is 1. The van der Waals surface area contributed by atoms with Gasteiger partial charge in [0, 0.05) is 20.3 Å². The minimum absolute atomic E-state index is 0.0933. The molecule has 0 spiro atoms. The van der Waals surface area contributed by atoms with E-state index in [-0.39, 0.29) is 18.1 Å². The molecule has 3 aromatic heterocycles. The molecule has 3 heterocycles. The van der Waals surface area contributed by atoms with E-state index in [4.69, 9.17) is 0 Å². The first-order valence-electron chi connectivity index (χ1n) is 8.40. The van der Waals surface area contributed by atoms with Crippen LogP contribution in [0.3, 0.4) is 0 Å². The van der Waals surface area contributed by atoms with Crippen LogP contribution in [0, 0.1) is 13.8 Å². The van der Waals surface area contributed by atoms with Gasteiger partial charge in [-0.15, -0.1) is 0 Å². The smallest absolute Gasteiger partial charge is 0.347 e. The normalized spacial score (nSPS) is 11.7. The molecule has 0 aromatic carbocycles. The van der Waals surface area contributed by atoms with E-state index in [9.17, 15) is 18.0 Å². The van der Waals surface area contributed by atoms with E-state index in [1.807, 2.05) is 0 Å². The number of imidazole rings is 1. The Bertz CT molecular complexity index is 1020. The van der Waals surface area contributed by atoms with E-state index < -0.39 is 11.9 Å². The zero-order valence-corrected chi connectivity index (χ0v) is 15.8. The molecule has 7 nitrogen and oxygen atoms in total. The molecule has 0 bridgehead atoms. The molecular formula is C18H19F3N6O. The maximum absolute atomic E-state index is 12.9. The number of alkyl halides is 3. The summed E-state index contributed by atoms with van der Waals surface area (Å²) in [6, 6.07) is 2.71. The lowest BCUT2D eigenvalue weighted by atomic mass is 10.1. The Kier molecular flexibility index (Phi) is 4.97. The zero-order valence-electron chi connectivity index (χ0n) is 15.8. The minimum Gasteiger partial charge on any atom is -0.347 e. The number of aryl methyl sites for hydroxylation is 2. The second-order valence-corrected chi connectivity index (χ2v) is 6.60. The fraction of sp³-hybridized carbons (Fsp3) is 0.333. The first-order valence-corrected chi connectivity index (χ1v) is 8.40. The number of anilines is 2. The summed E-state index contributed by atoms with van der Waals surface area (Å²) in [6.45, 7) is 3.19.